The van der Waals surface area contributed by atoms with Gasteiger partial charge in [-0.3, -0.25) is 4.68 Å². The van der Waals surface area contributed by atoms with Crippen LogP contribution in [0, 0.1) is 0 Å². The lowest BCUT2D eigenvalue weighted by Crippen LogP contribution is -2.11. The van der Waals surface area contributed by atoms with E-state index < -0.39 is 12.6 Å². The maximum atomic E-state index is 11.8. The lowest BCUT2D eigenvalue weighted by Gasteiger charge is -2.06. The van der Waals surface area contributed by atoms with Crippen LogP contribution in [0.1, 0.15) is 32.0 Å². The highest BCUT2D eigenvalue weighted by Gasteiger charge is 2.26. The SMILES string of the molecule is CC(C)n1cc(Cl)c(COCCC(F)(F)F)n1. The van der Waals surface area contributed by atoms with Gasteiger partial charge < -0.3 is 4.74 Å². The second-order valence-corrected chi connectivity index (χ2v) is 4.32. The number of aromatic nitrogens is 2. The Hall–Kier alpha value is -0.750. The molecule has 1 heterocycles. The molecule has 0 N–H and O–H groups in total. The van der Waals surface area contributed by atoms with E-state index in [1.807, 2.05) is 13.8 Å². The summed E-state index contributed by atoms with van der Waals surface area (Å²) >= 11 is 5.87. The number of ether oxygens (including phenoxy) is 1. The molecule has 0 spiro atoms. The first-order valence-corrected chi connectivity index (χ1v) is 5.55. The summed E-state index contributed by atoms with van der Waals surface area (Å²) < 4.78 is 42.1. The van der Waals surface area contributed by atoms with Crippen LogP contribution in [0.25, 0.3) is 0 Å². The predicted octanol–water partition coefficient (Wildman–Crippen LogP) is 3.59. The lowest BCUT2D eigenvalue weighted by molar-refractivity contribution is -0.146. The van der Waals surface area contributed by atoms with E-state index in [1.165, 1.54) is 0 Å². The van der Waals surface area contributed by atoms with Crippen LogP contribution in [0.5, 0.6) is 0 Å². The minimum atomic E-state index is -4.19. The molecule has 3 nitrogen and oxygen atoms in total. The molecular weight excluding hydrogens is 257 g/mol. The summed E-state index contributed by atoms with van der Waals surface area (Å²) in [6, 6.07) is 0.149. The minimum Gasteiger partial charge on any atom is -0.375 e. The van der Waals surface area contributed by atoms with Gasteiger partial charge in [0.1, 0.15) is 5.69 Å². The number of nitrogens with zero attached hydrogens (tertiary/aromatic N) is 2. The van der Waals surface area contributed by atoms with Crippen LogP contribution in [0.2, 0.25) is 5.02 Å². The molecule has 0 atom stereocenters. The summed E-state index contributed by atoms with van der Waals surface area (Å²) in [5.74, 6) is 0. The molecule has 17 heavy (non-hydrogen) atoms. The van der Waals surface area contributed by atoms with E-state index in [4.69, 9.17) is 16.3 Å². The summed E-state index contributed by atoms with van der Waals surface area (Å²) in [4.78, 5) is 0. The number of hydrogen-bond acceptors (Lipinski definition) is 2. The average Bonchev–Trinajstić information content (AvgIpc) is 2.54. The summed E-state index contributed by atoms with van der Waals surface area (Å²) in [5.41, 5.74) is 0.461. The Kier molecular flexibility index (Phi) is 4.82. The van der Waals surface area contributed by atoms with Crippen molar-refractivity contribution < 1.29 is 17.9 Å². The van der Waals surface area contributed by atoms with Gasteiger partial charge in [0.25, 0.3) is 0 Å². The fourth-order valence-corrected chi connectivity index (χ4v) is 1.32. The molecule has 0 fully saturated rings. The number of hydrogen-bond donors (Lipinski definition) is 0. The zero-order chi connectivity index (χ0) is 13.1. The maximum absolute atomic E-state index is 11.8. The third-order valence-corrected chi connectivity index (χ3v) is 2.37. The fraction of sp³-hybridized carbons (Fsp3) is 0.700. The molecule has 0 radical (unpaired) electrons. The van der Waals surface area contributed by atoms with Gasteiger partial charge in [-0.05, 0) is 13.8 Å². The molecule has 0 saturated carbocycles. The van der Waals surface area contributed by atoms with Gasteiger partial charge in [-0.15, -0.1) is 0 Å². The van der Waals surface area contributed by atoms with Crippen LogP contribution in [0.4, 0.5) is 13.2 Å². The molecular formula is C10H14ClF3N2O. The van der Waals surface area contributed by atoms with Crippen molar-refractivity contribution in [2.24, 2.45) is 0 Å². The quantitative estimate of drug-likeness (QED) is 0.765. The van der Waals surface area contributed by atoms with Crippen molar-refractivity contribution in [1.82, 2.24) is 9.78 Å². The predicted molar refractivity (Wildman–Crippen MR) is 58.0 cm³/mol. The van der Waals surface area contributed by atoms with Crippen molar-refractivity contribution in [3.05, 3.63) is 16.9 Å². The van der Waals surface area contributed by atoms with Crippen molar-refractivity contribution >= 4 is 11.6 Å². The normalized spacial score (nSPS) is 12.4. The molecule has 0 aliphatic rings. The summed E-state index contributed by atoms with van der Waals surface area (Å²) in [6.45, 7) is 3.47. The highest BCUT2D eigenvalue weighted by atomic mass is 35.5. The van der Waals surface area contributed by atoms with Gasteiger partial charge in [-0.2, -0.15) is 18.3 Å². The monoisotopic (exact) mass is 270 g/mol. The van der Waals surface area contributed by atoms with E-state index in [-0.39, 0.29) is 19.3 Å². The molecule has 98 valence electrons. The Morgan fingerprint density at radius 1 is 1.47 bits per heavy atom. The Bertz CT molecular complexity index is 363. The van der Waals surface area contributed by atoms with Gasteiger partial charge in [0.15, 0.2) is 0 Å². The van der Waals surface area contributed by atoms with E-state index >= 15 is 0 Å². The molecule has 0 aliphatic heterocycles. The number of halogens is 4. The summed E-state index contributed by atoms with van der Waals surface area (Å²) in [5, 5.41) is 4.53. The van der Waals surface area contributed by atoms with Crippen LogP contribution in [-0.4, -0.2) is 22.6 Å². The second kappa shape index (κ2) is 5.73. The molecule has 0 amide bonds. The number of alkyl halides is 3. The van der Waals surface area contributed by atoms with Gasteiger partial charge in [-0.25, -0.2) is 0 Å². The Morgan fingerprint density at radius 2 is 2.12 bits per heavy atom. The molecule has 0 bridgehead atoms. The zero-order valence-corrected chi connectivity index (χ0v) is 10.3. The maximum Gasteiger partial charge on any atom is 0.391 e. The van der Waals surface area contributed by atoms with Gasteiger partial charge in [-0.1, -0.05) is 11.6 Å². The Morgan fingerprint density at radius 3 is 2.59 bits per heavy atom. The average molecular weight is 271 g/mol. The molecule has 1 aromatic heterocycles. The van der Waals surface area contributed by atoms with E-state index in [2.05, 4.69) is 5.10 Å². The van der Waals surface area contributed by atoms with Crippen molar-refractivity contribution in [1.29, 1.82) is 0 Å². The summed E-state index contributed by atoms with van der Waals surface area (Å²) in [7, 11) is 0. The highest BCUT2D eigenvalue weighted by Crippen LogP contribution is 2.21. The van der Waals surface area contributed by atoms with Crippen molar-refractivity contribution in [3.8, 4) is 0 Å². The second-order valence-electron chi connectivity index (χ2n) is 3.92. The van der Waals surface area contributed by atoms with Crippen LogP contribution < -0.4 is 0 Å². The van der Waals surface area contributed by atoms with Crippen LogP contribution in [0.15, 0.2) is 6.20 Å². The first kappa shape index (κ1) is 14.3. The highest BCUT2D eigenvalue weighted by molar-refractivity contribution is 6.31. The van der Waals surface area contributed by atoms with Gasteiger partial charge in [0.05, 0.1) is 24.7 Å². The van der Waals surface area contributed by atoms with E-state index in [0.717, 1.165) is 0 Å². The van der Waals surface area contributed by atoms with Crippen molar-refractivity contribution in [2.75, 3.05) is 6.61 Å². The smallest absolute Gasteiger partial charge is 0.375 e. The number of rotatable bonds is 5. The standard InChI is InChI=1S/C10H14ClF3N2O/c1-7(2)16-5-8(11)9(15-16)6-17-4-3-10(12,13)14/h5,7H,3-4,6H2,1-2H3. The lowest BCUT2D eigenvalue weighted by atomic mass is 10.4. The molecule has 0 aromatic carbocycles. The Balaban J connectivity index is 2.42. The van der Waals surface area contributed by atoms with Crippen molar-refractivity contribution in [3.63, 3.8) is 0 Å². The topological polar surface area (TPSA) is 27.1 Å². The molecule has 1 aromatic rings. The molecule has 1 rings (SSSR count). The molecule has 7 heteroatoms. The van der Waals surface area contributed by atoms with Gasteiger partial charge in [0, 0.05) is 12.2 Å². The first-order chi connectivity index (χ1) is 7.79. The van der Waals surface area contributed by atoms with Crippen LogP contribution in [-0.2, 0) is 11.3 Å². The van der Waals surface area contributed by atoms with E-state index in [0.29, 0.717) is 10.7 Å². The molecule has 0 saturated heterocycles. The minimum absolute atomic E-state index is 0.00532. The molecule has 0 aliphatic carbocycles. The third-order valence-electron chi connectivity index (χ3n) is 2.06. The van der Waals surface area contributed by atoms with E-state index in [9.17, 15) is 13.2 Å². The fourth-order valence-electron chi connectivity index (χ4n) is 1.13. The Labute approximate surface area is 103 Å². The molecule has 0 unspecified atom stereocenters. The summed E-state index contributed by atoms with van der Waals surface area (Å²) in [6.07, 6.45) is -3.52. The van der Waals surface area contributed by atoms with Crippen LogP contribution in [0.3, 0.4) is 0 Å². The third kappa shape index (κ3) is 4.95. The zero-order valence-electron chi connectivity index (χ0n) is 9.59. The van der Waals surface area contributed by atoms with Crippen molar-refractivity contribution in [2.45, 2.75) is 39.1 Å². The largest absolute Gasteiger partial charge is 0.391 e. The van der Waals surface area contributed by atoms with Gasteiger partial charge >= 0.3 is 6.18 Å². The first-order valence-electron chi connectivity index (χ1n) is 5.17. The van der Waals surface area contributed by atoms with Crippen LogP contribution >= 0.6 is 11.6 Å². The van der Waals surface area contributed by atoms with Gasteiger partial charge in [0.2, 0.25) is 0 Å². The van der Waals surface area contributed by atoms with E-state index in [1.54, 1.807) is 10.9 Å².